The van der Waals surface area contributed by atoms with Crippen molar-refractivity contribution in [3.05, 3.63) is 47.5 Å². The van der Waals surface area contributed by atoms with Crippen molar-refractivity contribution in [2.45, 2.75) is 27.7 Å². The fraction of sp³-hybridized carbons (Fsp3) is 0.400. The molecule has 0 bridgehead atoms. The lowest BCUT2D eigenvalue weighted by Crippen LogP contribution is -2.32. The minimum absolute atomic E-state index is 0.0121. The van der Waals surface area contributed by atoms with Crippen LogP contribution in [0.3, 0.4) is 0 Å². The van der Waals surface area contributed by atoms with Gasteiger partial charge in [-0.25, -0.2) is 0 Å². The number of rotatable bonds is 6. The Morgan fingerprint density at radius 2 is 1.00 bits per heavy atom. The Kier molecular flexibility index (Phi) is 5.96. The van der Waals surface area contributed by atoms with Gasteiger partial charge in [-0.1, -0.05) is 24.3 Å². The normalized spacial score (nSPS) is 10.7. The summed E-state index contributed by atoms with van der Waals surface area (Å²) in [6, 6.07) is 11.2. The third-order valence-electron chi connectivity index (χ3n) is 4.49. The van der Waals surface area contributed by atoms with Crippen LogP contribution in [0.1, 0.15) is 48.4 Å². The summed E-state index contributed by atoms with van der Waals surface area (Å²) in [7, 11) is 0. The summed E-state index contributed by atoms with van der Waals surface area (Å²) >= 11 is 0. The van der Waals surface area contributed by atoms with E-state index in [-0.39, 0.29) is 11.8 Å². The summed E-state index contributed by atoms with van der Waals surface area (Å²) in [5, 5.41) is 1.68. The van der Waals surface area contributed by atoms with E-state index in [4.69, 9.17) is 0 Å². The van der Waals surface area contributed by atoms with Crippen LogP contribution in [0, 0.1) is 0 Å². The second-order valence-electron chi connectivity index (χ2n) is 5.66. The van der Waals surface area contributed by atoms with E-state index in [1.54, 1.807) is 21.9 Å². The van der Waals surface area contributed by atoms with Gasteiger partial charge in [-0.2, -0.15) is 0 Å². The van der Waals surface area contributed by atoms with Crippen LogP contribution in [0.4, 0.5) is 0 Å². The zero-order chi connectivity index (χ0) is 17.7. The summed E-state index contributed by atoms with van der Waals surface area (Å²) in [5.74, 6) is 0.0241. The molecule has 0 saturated heterocycles. The van der Waals surface area contributed by atoms with E-state index in [9.17, 15) is 9.59 Å². The molecule has 0 aliphatic heterocycles. The number of nitrogens with zero attached hydrogens (tertiary/aromatic N) is 2. The Labute approximate surface area is 144 Å². The molecule has 0 atom stereocenters. The molecule has 2 aromatic carbocycles. The molecule has 0 N–H and O–H groups in total. The van der Waals surface area contributed by atoms with Crippen molar-refractivity contribution in [2.24, 2.45) is 0 Å². The minimum Gasteiger partial charge on any atom is -0.339 e. The molecule has 0 aliphatic rings. The van der Waals surface area contributed by atoms with Crippen LogP contribution >= 0.6 is 0 Å². The zero-order valence-corrected chi connectivity index (χ0v) is 15.0. The number of hydrogen-bond acceptors (Lipinski definition) is 2. The maximum Gasteiger partial charge on any atom is 0.254 e. The lowest BCUT2D eigenvalue weighted by Gasteiger charge is -2.22. The van der Waals surface area contributed by atoms with E-state index in [0.717, 1.165) is 10.8 Å². The Balaban J connectivity index is 2.59. The smallest absolute Gasteiger partial charge is 0.254 e. The molecule has 0 saturated carbocycles. The molecule has 128 valence electrons. The van der Waals surface area contributed by atoms with Crippen LogP contribution in [0.5, 0.6) is 0 Å². The highest BCUT2D eigenvalue weighted by atomic mass is 16.2. The Bertz CT molecular complexity index is 669. The van der Waals surface area contributed by atoms with E-state index < -0.39 is 0 Å². The zero-order valence-electron chi connectivity index (χ0n) is 15.0. The predicted octanol–water partition coefficient (Wildman–Crippen LogP) is 3.80. The standard InChI is InChI=1S/C20H26N2O2/c1-5-21(6-2)19(23)17-13-14-18(20(24)22(7-3)8-4)16-12-10-9-11-15(16)17/h9-14H,5-8H2,1-4H3. The van der Waals surface area contributed by atoms with Gasteiger partial charge in [-0.15, -0.1) is 0 Å². The fourth-order valence-corrected chi connectivity index (χ4v) is 3.03. The first-order valence-electron chi connectivity index (χ1n) is 8.69. The van der Waals surface area contributed by atoms with Crippen LogP contribution < -0.4 is 0 Å². The molecule has 0 fully saturated rings. The summed E-state index contributed by atoms with van der Waals surface area (Å²) in [6.45, 7) is 10.6. The topological polar surface area (TPSA) is 40.6 Å². The molecule has 0 heterocycles. The first-order valence-corrected chi connectivity index (χ1v) is 8.69. The molecule has 0 aliphatic carbocycles. The number of hydrogen-bond donors (Lipinski definition) is 0. The fourth-order valence-electron chi connectivity index (χ4n) is 3.03. The third-order valence-corrected chi connectivity index (χ3v) is 4.49. The van der Waals surface area contributed by atoms with Crippen LogP contribution in [0.25, 0.3) is 10.8 Å². The highest BCUT2D eigenvalue weighted by Crippen LogP contribution is 2.25. The van der Waals surface area contributed by atoms with Gasteiger partial charge in [0, 0.05) is 37.3 Å². The van der Waals surface area contributed by atoms with E-state index in [2.05, 4.69) is 0 Å². The number of carbonyl (C=O) groups excluding carboxylic acids is 2. The van der Waals surface area contributed by atoms with Gasteiger partial charge in [-0.3, -0.25) is 9.59 Å². The summed E-state index contributed by atoms with van der Waals surface area (Å²) in [6.07, 6.45) is 0. The van der Waals surface area contributed by atoms with Gasteiger partial charge in [-0.05, 0) is 50.6 Å². The molecule has 2 amide bonds. The van der Waals surface area contributed by atoms with Crippen LogP contribution in [0.15, 0.2) is 36.4 Å². The quantitative estimate of drug-likeness (QED) is 0.810. The van der Waals surface area contributed by atoms with Crippen molar-refractivity contribution in [3.8, 4) is 0 Å². The molecule has 2 rings (SSSR count). The van der Waals surface area contributed by atoms with Crippen molar-refractivity contribution < 1.29 is 9.59 Å². The molecular formula is C20H26N2O2. The van der Waals surface area contributed by atoms with Crippen molar-refractivity contribution in [3.63, 3.8) is 0 Å². The first kappa shape index (κ1) is 18.0. The summed E-state index contributed by atoms with van der Waals surface area (Å²) in [5.41, 5.74) is 1.32. The summed E-state index contributed by atoms with van der Waals surface area (Å²) < 4.78 is 0. The average Bonchev–Trinajstić information content (AvgIpc) is 2.62. The highest BCUT2D eigenvalue weighted by molar-refractivity contribution is 6.14. The summed E-state index contributed by atoms with van der Waals surface area (Å²) in [4.78, 5) is 29.2. The van der Waals surface area contributed by atoms with Gasteiger partial charge in [0.15, 0.2) is 0 Å². The minimum atomic E-state index is 0.0121. The lowest BCUT2D eigenvalue weighted by atomic mass is 9.98. The molecular weight excluding hydrogens is 300 g/mol. The van der Waals surface area contributed by atoms with E-state index in [1.807, 2.05) is 52.0 Å². The Morgan fingerprint density at radius 1 is 0.667 bits per heavy atom. The molecule has 0 spiro atoms. The molecule has 24 heavy (non-hydrogen) atoms. The van der Waals surface area contributed by atoms with Gasteiger partial charge in [0.25, 0.3) is 11.8 Å². The molecule has 2 aromatic rings. The number of fused-ring (bicyclic) bond motifs is 1. The maximum absolute atomic E-state index is 12.8. The molecule has 0 radical (unpaired) electrons. The van der Waals surface area contributed by atoms with Gasteiger partial charge in [0.2, 0.25) is 0 Å². The molecule has 0 unspecified atom stereocenters. The van der Waals surface area contributed by atoms with Crippen molar-refractivity contribution >= 4 is 22.6 Å². The van der Waals surface area contributed by atoms with Crippen LogP contribution in [-0.2, 0) is 0 Å². The van der Waals surface area contributed by atoms with E-state index in [0.29, 0.717) is 37.3 Å². The maximum atomic E-state index is 12.8. The van der Waals surface area contributed by atoms with Gasteiger partial charge >= 0.3 is 0 Å². The molecule has 4 heteroatoms. The van der Waals surface area contributed by atoms with Gasteiger partial charge in [0.05, 0.1) is 0 Å². The van der Waals surface area contributed by atoms with Gasteiger partial charge in [0.1, 0.15) is 0 Å². The number of carbonyl (C=O) groups is 2. The van der Waals surface area contributed by atoms with Crippen molar-refractivity contribution in [1.29, 1.82) is 0 Å². The SMILES string of the molecule is CCN(CC)C(=O)c1ccc(C(=O)N(CC)CC)c2ccccc12. The monoisotopic (exact) mass is 326 g/mol. The van der Waals surface area contributed by atoms with Gasteiger partial charge < -0.3 is 9.80 Å². The number of benzene rings is 2. The van der Waals surface area contributed by atoms with E-state index >= 15 is 0 Å². The molecule has 4 nitrogen and oxygen atoms in total. The predicted molar refractivity (Wildman–Crippen MR) is 98.5 cm³/mol. The Hall–Kier alpha value is -2.36. The first-order chi connectivity index (χ1) is 11.6. The highest BCUT2D eigenvalue weighted by Gasteiger charge is 2.20. The number of amides is 2. The van der Waals surface area contributed by atoms with Crippen LogP contribution in [-0.4, -0.2) is 47.8 Å². The average molecular weight is 326 g/mol. The van der Waals surface area contributed by atoms with E-state index in [1.165, 1.54) is 0 Å². The van der Waals surface area contributed by atoms with Crippen molar-refractivity contribution in [1.82, 2.24) is 9.80 Å². The lowest BCUT2D eigenvalue weighted by molar-refractivity contribution is 0.0763. The van der Waals surface area contributed by atoms with Crippen LogP contribution in [0.2, 0.25) is 0 Å². The second kappa shape index (κ2) is 7.95. The Morgan fingerprint density at radius 3 is 1.29 bits per heavy atom. The second-order valence-corrected chi connectivity index (χ2v) is 5.66. The van der Waals surface area contributed by atoms with Crippen molar-refractivity contribution in [2.75, 3.05) is 26.2 Å². The largest absolute Gasteiger partial charge is 0.339 e. The molecule has 0 aromatic heterocycles. The third kappa shape index (κ3) is 3.28.